The number of urea groups is 1. The SMILES string of the molecule is CNc1ccc(N2CCNC2=O)cc1. The minimum atomic E-state index is -0.0118. The number of hydrogen-bond donors (Lipinski definition) is 2. The molecule has 0 aromatic heterocycles. The summed E-state index contributed by atoms with van der Waals surface area (Å²) >= 11 is 0. The van der Waals surface area contributed by atoms with Gasteiger partial charge in [-0.1, -0.05) is 0 Å². The average molecular weight is 191 g/mol. The summed E-state index contributed by atoms with van der Waals surface area (Å²) in [5.41, 5.74) is 1.99. The van der Waals surface area contributed by atoms with E-state index >= 15 is 0 Å². The fourth-order valence-corrected chi connectivity index (χ4v) is 1.53. The number of carbonyl (C=O) groups excluding carboxylic acids is 1. The van der Waals surface area contributed by atoms with E-state index in [4.69, 9.17) is 0 Å². The topological polar surface area (TPSA) is 44.4 Å². The minimum absolute atomic E-state index is 0.0118. The zero-order chi connectivity index (χ0) is 9.97. The van der Waals surface area contributed by atoms with Crippen molar-refractivity contribution < 1.29 is 4.79 Å². The summed E-state index contributed by atoms with van der Waals surface area (Å²) in [6.45, 7) is 1.48. The van der Waals surface area contributed by atoms with Gasteiger partial charge in [-0.2, -0.15) is 0 Å². The van der Waals surface area contributed by atoms with Gasteiger partial charge in [0.25, 0.3) is 0 Å². The van der Waals surface area contributed by atoms with E-state index in [0.29, 0.717) is 0 Å². The van der Waals surface area contributed by atoms with Crippen molar-refractivity contribution in [3.8, 4) is 0 Å². The first-order chi connectivity index (χ1) is 6.81. The van der Waals surface area contributed by atoms with E-state index in [0.717, 1.165) is 24.5 Å². The Balaban J connectivity index is 2.20. The maximum atomic E-state index is 11.3. The Kier molecular flexibility index (Phi) is 2.26. The van der Waals surface area contributed by atoms with Crippen LogP contribution in [0, 0.1) is 0 Å². The normalized spacial score (nSPS) is 15.5. The highest BCUT2D eigenvalue weighted by Gasteiger charge is 2.20. The van der Waals surface area contributed by atoms with E-state index in [9.17, 15) is 4.79 Å². The van der Waals surface area contributed by atoms with Crippen LogP contribution >= 0.6 is 0 Å². The predicted molar refractivity (Wildman–Crippen MR) is 56.7 cm³/mol. The quantitative estimate of drug-likeness (QED) is 0.739. The van der Waals surface area contributed by atoms with Crippen LogP contribution in [0.5, 0.6) is 0 Å². The van der Waals surface area contributed by atoms with Crippen molar-refractivity contribution in [2.24, 2.45) is 0 Å². The molecule has 1 saturated heterocycles. The number of rotatable bonds is 2. The van der Waals surface area contributed by atoms with Crippen LogP contribution in [0.1, 0.15) is 0 Å². The fraction of sp³-hybridized carbons (Fsp3) is 0.300. The van der Waals surface area contributed by atoms with Gasteiger partial charge >= 0.3 is 6.03 Å². The second-order valence-corrected chi connectivity index (χ2v) is 3.18. The highest BCUT2D eigenvalue weighted by atomic mass is 16.2. The molecule has 4 nitrogen and oxygen atoms in total. The third-order valence-corrected chi connectivity index (χ3v) is 2.32. The van der Waals surface area contributed by atoms with Gasteiger partial charge in [-0.15, -0.1) is 0 Å². The lowest BCUT2D eigenvalue weighted by Crippen LogP contribution is -2.27. The van der Waals surface area contributed by atoms with Gasteiger partial charge in [0.1, 0.15) is 0 Å². The first kappa shape index (κ1) is 8.87. The van der Waals surface area contributed by atoms with Crippen LogP contribution in [-0.4, -0.2) is 26.2 Å². The minimum Gasteiger partial charge on any atom is -0.388 e. The number of nitrogens with one attached hydrogen (secondary N) is 2. The van der Waals surface area contributed by atoms with Crippen molar-refractivity contribution in [1.29, 1.82) is 0 Å². The molecule has 1 heterocycles. The molecule has 1 aliphatic heterocycles. The highest BCUT2D eigenvalue weighted by molar-refractivity contribution is 5.94. The molecule has 2 rings (SSSR count). The molecule has 2 N–H and O–H groups in total. The second kappa shape index (κ2) is 3.57. The molecule has 4 heteroatoms. The maximum absolute atomic E-state index is 11.3. The molecule has 1 aromatic rings. The Morgan fingerprint density at radius 1 is 1.36 bits per heavy atom. The number of nitrogens with zero attached hydrogens (tertiary/aromatic N) is 1. The van der Waals surface area contributed by atoms with Gasteiger partial charge in [0.05, 0.1) is 0 Å². The number of amides is 2. The van der Waals surface area contributed by atoms with E-state index in [1.807, 2.05) is 31.3 Å². The molecule has 1 aliphatic rings. The lowest BCUT2D eigenvalue weighted by atomic mass is 10.2. The molecule has 0 aliphatic carbocycles. The fourth-order valence-electron chi connectivity index (χ4n) is 1.53. The van der Waals surface area contributed by atoms with Crippen molar-refractivity contribution in [3.05, 3.63) is 24.3 Å². The van der Waals surface area contributed by atoms with Crippen molar-refractivity contribution >= 4 is 17.4 Å². The molecule has 0 radical (unpaired) electrons. The summed E-state index contributed by atoms with van der Waals surface area (Å²) in [6.07, 6.45) is 0. The Hall–Kier alpha value is -1.71. The Labute approximate surface area is 82.9 Å². The van der Waals surface area contributed by atoms with Gasteiger partial charge < -0.3 is 10.6 Å². The van der Waals surface area contributed by atoms with Gasteiger partial charge in [0.2, 0.25) is 0 Å². The van der Waals surface area contributed by atoms with Crippen LogP contribution < -0.4 is 15.5 Å². The third-order valence-electron chi connectivity index (χ3n) is 2.32. The number of hydrogen-bond acceptors (Lipinski definition) is 2. The second-order valence-electron chi connectivity index (χ2n) is 3.18. The van der Waals surface area contributed by atoms with Gasteiger partial charge in [-0.05, 0) is 24.3 Å². The van der Waals surface area contributed by atoms with Crippen LogP contribution in [-0.2, 0) is 0 Å². The van der Waals surface area contributed by atoms with Gasteiger partial charge in [-0.25, -0.2) is 4.79 Å². The molecule has 0 saturated carbocycles. The van der Waals surface area contributed by atoms with Crippen LogP contribution in [0.4, 0.5) is 16.2 Å². The molecular formula is C10H13N3O. The number of carbonyl (C=O) groups is 1. The molecule has 0 atom stereocenters. The third kappa shape index (κ3) is 1.51. The molecule has 1 aromatic carbocycles. The number of benzene rings is 1. The summed E-state index contributed by atoms with van der Waals surface area (Å²) in [4.78, 5) is 13.1. The maximum Gasteiger partial charge on any atom is 0.321 e. The van der Waals surface area contributed by atoms with Crippen molar-refractivity contribution in [1.82, 2.24) is 5.32 Å². The molecule has 74 valence electrons. The van der Waals surface area contributed by atoms with E-state index in [1.165, 1.54) is 0 Å². The van der Waals surface area contributed by atoms with Gasteiger partial charge in [-0.3, -0.25) is 4.90 Å². The van der Waals surface area contributed by atoms with Crippen LogP contribution in [0.3, 0.4) is 0 Å². The number of anilines is 2. The largest absolute Gasteiger partial charge is 0.388 e. The molecule has 2 amide bonds. The van der Waals surface area contributed by atoms with E-state index in [2.05, 4.69) is 10.6 Å². The van der Waals surface area contributed by atoms with E-state index in [-0.39, 0.29) is 6.03 Å². The summed E-state index contributed by atoms with van der Waals surface area (Å²) in [5.74, 6) is 0. The summed E-state index contributed by atoms with van der Waals surface area (Å²) in [5, 5.41) is 5.80. The molecular weight excluding hydrogens is 178 g/mol. The van der Waals surface area contributed by atoms with Crippen molar-refractivity contribution in [2.45, 2.75) is 0 Å². The molecule has 1 fully saturated rings. The Morgan fingerprint density at radius 2 is 2.07 bits per heavy atom. The lowest BCUT2D eigenvalue weighted by Gasteiger charge is -2.14. The van der Waals surface area contributed by atoms with E-state index in [1.54, 1.807) is 4.90 Å². The first-order valence-electron chi connectivity index (χ1n) is 4.64. The molecule has 0 unspecified atom stereocenters. The Bertz CT molecular complexity index is 334. The summed E-state index contributed by atoms with van der Waals surface area (Å²) in [6, 6.07) is 7.79. The predicted octanol–water partition coefficient (Wildman–Crippen LogP) is 1.26. The molecule has 0 spiro atoms. The molecule has 14 heavy (non-hydrogen) atoms. The van der Waals surface area contributed by atoms with Crippen LogP contribution in [0.2, 0.25) is 0 Å². The zero-order valence-electron chi connectivity index (χ0n) is 8.08. The lowest BCUT2D eigenvalue weighted by molar-refractivity contribution is 0.252. The first-order valence-corrected chi connectivity index (χ1v) is 4.64. The molecule has 0 bridgehead atoms. The summed E-state index contributed by atoms with van der Waals surface area (Å²) in [7, 11) is 1.87. The standard InChI is InChI=1S/C10H13N3O/c1-11-8-2-4-9(5-3-8)13-7-6-12-10(13)14/h2-5,11H,6-7H2,1H3,(H,12,14). The smallest absolute Gasteiger partial charge is 0.321 e. The van der Waals surface area contributed by atoms with Gasteiger partial charge in [0, 0.05) is 31.5 Å². The highest BCUT2D eigenvalue weighted by Crippen LogP contribution is 2.18. The van der Waals surface area contributed by atoms with Crippen molar-refractivity contribution in [3.63, 3.8) is 0 Å². The zero-order valence-corrected chi connectivity index (χ0v) is 8.08. The van der Waals surface area contributed by atoms with Crippen molar-refractivity contribution in [2.75, 3.05) is 30.4 Å². The van der Waals surface area contributed by atoms with Crippen LogP contribution in [0.15, 0.2) is 24.3 Å². The monoisotopic (exact) mass is 191 g/mol. The summed E-state index contributed by atoms with van der Waals surface area (Å²) < 4.78 is 0. The van der Waals surface area contributed by atoms with Gasteiger partial charge in [0.15, 0.2) is 0 Å². The van der Waals surface area contributed by atoms with E-state index < -0.39 is 0 Å². The average Bonchev–Trinajstić information content (AvgIpc) is 2.65. The Morgan fingerprint density at radius 3 is 2.57 bits per heavy atom. The van der Waals surface area contributed by atoms with Crippen LogP contribution in [0.25, 0.3) is 0 Å².